The zero-order chi connectivity index (χ0) is 14.2. The van der Waals surface area contributed by atoms with Gasteiger partial charge in [-0.1, -0.05) is 30.7 Å². The molecule has 0 fully saturated rings. The summed E-state index contributed by atoms with van der Waals surface area (Å²) in [5, 5.41) is 0.716. The highest BCUT2D eigenvalue weighted by Gasteiger charge is 2.23. The minimum absolute atomic E-state index is 0.0763. The first kappa shape index (κ1) is 13.9. The molecule has 0 aliphatic rings. The fourth-order valence-electron chi connectivity index (χ4n) is 2.29. The number of anilines is 1. The van der Waals surface area contributed by atoms with E-state index in [1.54, 1.807) is 0 Å². The molecule has 19 heavy (non-hydrogen) atoms. The largest absolute Gasteiger partial charge is 0.383 e. The summed E-state index contributed by atoms with van der Waals surface area (Å²) in [5.74, 6) is 1.72. The Morgan fingerprint density at radius 3 is 2.21 bits per heavy atom. The van der Waals surface area contributed by atoms with E-state index in [1.165, 1.54) is 0 Å². The maximum Gasteiger partial charge on any atom is 0.132 e. The molecule has 0 bridgehead atoms. The predicted molar refractivity (Wildman–Crippen MR) is 81.5 cm³/mol. The average molecular weight is 278 g/mol. The number of aryl methyl sites for hydroxylation is 1. The van der Waals surface area contributed by atoms with Gasteiger partial charge in [0.15, 0.2) is 0 Å². The lowest BCUT2D eigenvalue weighted by molar-refractivity contribution is 0.389. The Balaban J connectivity index is 2.60. The van der Waals surface area contributed by atoms with Crippen molar-refractivity contribution in [2.75, 3.05) is 5.73 Å². The highest BCUT2D eigenvalue weighted by atomic mass is 35.5. The van der Waals surface area contributed by atoms with Crippen molar-refractivity contribution in [2.45, 2.75) is 39.7 Å². The molecule has 1 aromatic heterocycles. The standard InChI is InChI=1S/C15H20ClN3/c1-5-12-18-13(10-6-8-11(16)9-7-10)14(17)19(12)15(2,3)4/h6-9H,5,17H2,1-4H3. The number of imidazole rings is 1. The average Bonchev–Trinajstić information content (AvgIpc) is 2.67. The Kier molecular flexibility index (Phi) is 3.59. The van der Waals surface area contributed by atoms with Gasteiger partial charge in [0.25, 0.3) is 0 Å². The number of aromatic nitrogens is 2. The van der Waals surface area contributed by atoms with Crippen molar-refractivity contribution in [3.8, 4) is 11.3 Å². The van der Waals surface area contributed by atoms with Crippen LogP contribution in [-0.4, -0.2) is 9.55 Å². The van der Waals surface area contributed by atoms with Crippen LogP contribution in [0.4, 0.5) is 5.82 Å². The van der Waals surface area contributed by atoms with Crippen molar-refractivity contribution in [3.63, 3.8) is 0 Å². The number of hydrogen-bond acceptors (Lipinski definition) is 2. The summed E-state index contributed by atoms with van der Waals surface area (Å²) in [4.78, 5) is 4.69. The quantitative estimate of drug-likeness (QED) is 0.898. The molecule has 0 amide bonds. The monoisotopic (exact) mass is 277 g/mol. The second-order valence-electron chi connectivity index (χ2n) is 5.63. The maximum atomic E-state index is 6.30. The van der Waals surface area contributed by atoms with Crippen LogP contribution in [0, 0.1) is 0 Å². The van der Waals surface area contributed by atoms with Gasteiger partial charge in [0, 0.05) is 22.5 Å². The van der Waals surface area contributed by atoms with Gasteiger partial charge in [-0.3, -0.25) is 0 Å². The van der Waals surface area contributed by atoms with E-state index in [2.05, 4.69) is 37.2 Å². The molecule has 102 valence electrons. The number of halogens is 1. The van der Waals surface area contributed by atoms with E-state index in [4.69, 9.17) is 17.3 Å². The molecular formula is C15H20ClN3. The Bertz CT molecular complexity index is 577. The summed E-state index contributed by atoms with van der Waals surface area (Å²) in [5.41, 5.74) is 8.06. The summed E-state index contributed by atoms with van der Waals surface area (Å²) < 4.78 is 2.11. The second kappa shape index (κ2) is 4.89. The Morgan fingerprint density at radius 2 is 1.79 bits per heavy atom. The molecule has 0 saturated heterocycles. The first-order valence-corrected chi connectivity index (χ1v) is 6.86. The molecule has 0 radical (unpaired) electrons. The van der Waals surface area contributed by atoms with Gasteiger partial charge in [-0.25, -0.2) is 4.98 Å². The van der Waals surface area contributed by atoms with Crippen molar-refractivity contribution in [1.29, 1.82) is 0 Å². The molecule has 2 aromatic rings. The molecule has 1 aromatic carbocycles. The molecule has 0 saturated carbocycles. The Morgan fingerprint density at radius 1 is 1.21 bits per heavy atom. The maximum absolute atomic E-state index is 6.30. The summed E-state index contributed by atoms with van der Waals surface area (Å²) in [7, 11) is 0. The van der Waals surface area contributed by atoms with Gasteiger partial charge < -0.3 is 10.3 Å². The van der Waals surface area contributed by atoms with Gasteiger partial charge in [-0.15, -0.1) is 0 Å². The van der Waals surface area contributed by atoms with Gasteiger partial charge in [0.2, 0.25) is 0 Å². The van der Waals surface area contributed by atoms with Crippen LogP contribution in [0.25, 0.3) is 11.3 Å². The van der Waals surface area contributed by atoms with Crippen LogP contribution in [0.5, 0.6) is 0 Å². The fourth-order valence-corrected chi connectivity index (χ4v) is 2.41. The topological polar surface area (TPSA) is 43.8 Å². The number of hydrogen-bond donors (Lipinski definition) is 1. The van der Waals surface area contributed by atoms with Crippen LogP contribution in [-0.2, 0) is 12.0 Å². The van der Waals surface area contributed by atoms with Crippen LogP contribution >= 0.6 is 11.6 Å². The van der Waals surface area contributed by atoms with Gasteiger partial charge in [-0.05, 0) is 32.9 Å². The zero-order valence-corrected chi connectivity index (χ0v) is 12.6. The van der Waals surface area contributed by atoms with Crippen LogP contribution in [0.15, 0.2) is 24.3 Å². The second-order valence-corrected chi connectivity index (χ2v) is 6.06. The van der Waals surface area contributed by atoms with E-state index >= 15 is 0 Å². The van der Waals surface area contributed by atoms with Crippen LogP contribution in [0.2, 0.25) is 5.02 Å². The van der Waals surface area contributed by atoms with Crippen LogP contribution in [0.3, 0.4) is 0 Å². The molecule has 2 N–H and O–H groups in total. The van der Waals surface area contributed by atoms with E-state index in [0.29, 0.717) is 10.8 Å². The van der Waals surface area contributed by atoms with Gasteiger partial charge in [0.05, 0.1) is 0 Å². The molecule has 3 nitrogen and oxygen atoms in total. The van der Waals surface area contributed by atoms with Crippen molar-refractivity contribution in [3.05, 3.63) is 35.1 Å². The van der Waals surface area contributed by atoms with Gasteiger partial charge >= 0.3 is 0 Å². The number of nitrogens with zero attached hydrogens (tertiary/aromatic N) is 2. The van der Waals surface area contributed by atoms with Crippen molar-refractivity contribution in [2.24, 2.45) is 0 Å². The number of nitrogen functional groups attached to an aromatic ring is 1. The Hall–Kier alpha value is -1.48. The molecule has 0 unspecified atom stereocenters. The molecular weight excluding hydrogens is 258 g/mol. The summed E-state index contributed by atoms with van der Waals surface area (Å²) in [6.45, 7) is 8.50. The number of rotatable bonds is 2. The van der Waals surface area contributed by atoms with E-state index < -0.39 is 0 Å². The highest BCUT2D eigenvalue weighted by molar-refractivity contribution is 6.30. The van der Waals surface area contributed by atoms with Crippen LogP contribution in [0.1, 0.15) is 33.5 Å². The third-order valence-electron chi connectivity index (χ3n) is 3.09. The Labute approximate surface area is 119 Å². The molecule has 0 spiro atoms. The predicted octanol–water partition coefficient (Wildman–Crippen LogP) is 4.10. The van der Waals surface area contributed by atoms with E-state index in [1.807, 2.05) is 24.3 Å². The van der Waals surface area contributed by atoms with Crippen LogP contribution < -0.4 is 5.73 Å². The van der Waals surface area contributed by atoms with Crippen molar-refractivity contribution >= 4 is 17.4 Å². The molecule has 0 aliphatic carbocycles. The summed E-state index contributed by atoms with van der Waals surface area (Å²) >= 11 is 5.92. The number of nitrogens with two attached hydrogens (primary N) is 1. The minimum Gasteiger partial charge on any atom is -0.383 e. The minimum atomic E-state index is -0.0763. The zero-order valence-electron chi connectivity index (χ0n) is 11.9. The highest BCUT2D eigenvalue weighted by Crippen LogP contribution is 2.32. The van der Waals surface area contributed by atoms with Gasteiger partial charge in [-0.2, -0.15) is 0 Å². The number of benzene rings is 1. The SMILES string of the molecule is CCc1nc(-c2ccc(Cl)cc2)c(N)n1C(C)(C)C. The van der Waals surface area contributed by atoms with Crippen molar-refractivity contribution < 1.29 is 0 Å². The lowest BCUT2D eigenvalue weighted by Crippen LogP contribution is -2.25. The normalized spacial score (nSPS) is 11.8. The van der Waals surface area contributed by atoms with E-state index in [-0.39, 0.29) is 5.54 Å². The third-order valence-corrected chi connectivity index (χ3v) is 3.34. The first-order valence-electron chi connectivity index (χ1n) is 6.48. The van der Waals surface area contributed by atoms with E-state index in [9.17, 15) is 0 Å². The fraction of sp³-hybridized carbons (Fsp3) is 0.400. The molecule has 1 heterocycles. The van der Waals surface area contributed by atoms with Gasteiger partial charge in [0.1, 0.15) is 17.3 Å². The van der Waals surface area contributed by atoms with E-state index in [0.717, 1.165) is 23.5 Å². The molecule has 4 heteroatoms. The first-order chi connectivity index (χ1) is 8.84. The lowest BCUT2D eigenvalue weighted by atomic mass is 10.1. The summed E-state index contributed by atoms with van der Waals surface area (Å²) in [6.07, 6.45) is 0.856. The summed E-state index contributed by atoms with van der Waals surface area (Å²) in [6, 6.07) is 7.62. The molecule has 0 aliphatic heterocycles. The molecule has 0 atom stereocenters. The lowest BCUT2D eigenvalue weighted by Gasteiger charge is -2.24. The third kappa shape index (κ3) is 2.61. The molecule has 2 rings (SSSR count). The van der Waals surface area contributed by atoms with Crippen molar-refractivity contribution in [1.82, 2.24) is 9.55 Å². The smallest absolute Gasteiger partial charge is 0.132 e.